The van der Waals surface area contributed by atoms with E-state index >= 15 is 0 Å². The van der Waals surface area contributed by atoms with Gasteiger partial charge in [0.1, 0.15) is 5.92 Å². The third-order valence-corrected chi connectivity index (χ3v) is 4.77. The summed E-state index contributed by atoms with van der Waals surface area (Å²) in [6.45, 7) is 6.69. The van der Waals surface area contributed by atoms with Crippen molar-refractivity contribution in [3.63, 3.8) is 0 Å². The van der Waals surface area contributed by atoms with E-state index in [1.54, 1.807) is 0 Å². The van der Waals surface area contributed by atoms with Gasteiger partial charge in [0.2, 0.25) is 17.7 Å². The van der Waals surface area contributed by atoms with E-state index in [2.05, 4.69) is 36.6 Å². The Morgan fingerprint density at radius 2 is 2.05 bits per heavy atom. The van der Waals surface area contributed by atoms with Crippen LogP contribution in [0, 0.1) is 17.3 Å². The molecule has 1 aliphatic carbocycles. The summed E-state index contributed by atoms with van der Waals surface area (Å²) >= 11 is 0. The fourth-order valence-corrected chi connectivity index (χ4v) is 3.41. The van der Waals surface area contributed by atoms with Gasteiger partial charge in [-0.2, -0.15) is 0 Å². The largest absolute Gasteiger partial charge is 0.355 e. The Hall–Kier alpha value is -1.85. The van der Waals surface area contributed by atoms with Crippen LogP contribution in [0.2, 0.25) is 0 Å². The summed E-state index contributed by atoms with van der Waals surface area (Å²) in [6, 6.07) is 0. The summed E-state index contributed by atoms with van der Waals surface area (Å²) in [6.07, 6.45) is 3.94. The lowest BCUT2D eigenvalue weighted by Crippen LogP contribution is -2.37. The Morgan fingerprint density at radius 3 is 2.77 bits per heavy atom. The van der Waals surface area contributed by atoms with Crippen LogP contribution in [0.1, 0.15) is 44.9 Å². The Labute approximate surface area is 130 Å². The van der Waals surface area contributed by atoms with Gasteiger partial charge in [-0.25, -0.2) is 0 Å². The van der Waals surface area contributed by atoms with Gasteiger partial charge in [0.15, 0.2) is 0 Å². The van der Waals surface area contributed by atoms with Crippen LogP contribution in [0.3, 0.4) is 0 Å². The lowest BCUT2D eigenvalue weighted by Gasteiger charge is -2.29. The molecule has 1 aliphatic heterocycles. The van der Waals surface area contributed by atoms with E-state index in [-0.39, 0.29) is 23.1 Å². The van der Waals surface area contributed by atoms with Crippen LogP contribution in [0.4, 0.5) is 5.88 Å². The lowest BCUT2D eigenvalue weighted by atomic mass is 9.74. The van der Waals surface area contributed by atoms with E-state index in [4.69, 9.17) is 4.52 Å². The minimum absolute atomic E-state index is 0.0289. The minimum atomic E-state index is -0.677. The summed E-state index contributed by atoms with van der Waals surface area (Å²) in [5.41, 5.74) is 1.80. The van der Waals surface area contributed by atoms with Crippen LogP contribution in [0.5, 0.6) is 0 Å². The molecule has 0 spiro atoms. The Morgan fingerprint density at radius 1 is 1.32 bits per heavy atom. The first kappa shape index (κ1) is 15.1. The van der Waals surface area contributed by atoms with Gasteiger partial charge < -0.3 is 9.84 Å². The maximum absolute atomic E-state index is 12.6. The zero-order valence-corrected chi connectivity index (χ0v) is 13.4. The average molecular weight is 305 g/mol. The van der Waals surface area contributed by atoms with E-state index in [0.717, 1.165) is 36.9 Å². The molecule has 0 aromatic carbocycles. The van der Waals surface area contributed by atoms with Crippen molar-refractivity contribution in [1.29, 1.82) is 0 Å². The number of carbonyl (C=O) groups is 2. The van der Waals surface area contributed by atoms with Crippen molar-refractivity contribution >= 4 is 17.7 Å². The molecule has 22 heavy (non-hydrogen) atoms. The third kappa shape index (κ3) is 2.62. The number of hydrogen-bond donors (Lipinski definition) is 2. The summed E-state index contributed by atoms with van der Waals surface area (Å²) in [5.74, 6) is -0.777. The van der Waals surface area contributed by atoms with Crippen LogP contribution >= 0.6 is 0 Å². The molecule has 1 aromatic heterocycles. The van der Waals surface area contributed by atoms with Crippen LogP contribution in [0.25, 0.3) is 0 Å². The Balaban J connectivity index is 1.79. The van der Waals surface area contributed by atoms with Gasteiger partial charge in [-0.3, -0.25) is 14.9 Å². The highest BCUT2D eigenvalue weighted by Crippen LogP contribution is 2.36. The molecule has 0 radical (unpaired) electrons. The quantitative estimate of drug-likeness (QED) is 0.817. The standard InChI is InChI=1S/C16H23N3O3/c1-16(2,3)10-8-17-13(20)12(10)14(21)18-15-9-6-4-5-7-11(9)19-22-15/h10,12H,4-8H2,1-3H3,(H,17,20)(H,18,21)/t10-,12+/m1/s1. The number of rotatable bonds is 2. The van der Waals surface area contributed by atoms with Gasteiger partial charge >= 0.3 is 0 Å². The predicted octanol–water partition coefficient (Wildman–Crippen LogP) is 1.90. The second-order valence-electron chi connectivity index (χ2n) is 7.33. The van der Waals surface area contributed by atoms with Crippen LogP contribution in [-0.4, -0.2) is 23.5 Å². The third-order valence-electron chi connectivity index (χ3n) is 4.77. The molecule has 120 valence electrons. The SMILES string of the molecule is CC(C)(C)[C@@H]1CNC(=O)[C@H]1C(=O)Nc1onc2c1CCCC2. The number of aromatic nitrogens is 1. The van der Waals surface area contributed by atoms with Gasteiger partial charge in [-0.1, -0.05) is 25.9 Å². The summed E-state index contributed by atoms with van der Waals surface area (Å²) in [5, 5.41) is 9.63. The lowest BCUT2D eigenvalue weighted by molar-refractivity contribution is -0.132. The van der Waals surface area contributed by atoms with Crippen LogP contribution in [-0.2, 0) is 22.4 Å². The average Bonchev–Trinajstić information content (AvgIpc) is 3.03. The van der Waals surface area contributed by atoms with Crippen molar-refractivity contribution in [2.45, 2.75) is 46.5 Å². The van der Waals surface area contributed by atoms with Crippen molar-refractivity contribution in [2.24, 2.45) is 17.3 Å². The number of nitrogens with one attached hydrogen (secondary N) is 2. The second-order valence-corrected chi connectivity index (χ2v) is 7.33. The molecular weight excluding hydrogens is 282 g/mol. The van der Waals surface area contributed by atoms with E-state index in [1.165, 1.54) is 0 Å². The van der Waals surface area contributed by atoms with Crippen LogP contribution < -0.4 is 10.6 Å². The summed E-state index contributed by atoms with van der Waals surface area (Å²) in [7, 11) is 0. The number of anilines is 1. The second kappa shape index (κ2) is 5.41. The number of carbonyl (C=O) groups excluding carboxylic acids is 2. The van der Waals surface area contributed by atoms with Crippen molar-refractivity contribution < 1.29 is 14.1 Å². The molecule has 1 aromatic rings. The number of nitrogens with zero attached hydrogens (tertiary/aromatic N) is 1. The number of fused-ring (bicyclic) bond motifs is 1. The van der Waals surface area contributed by atoms with Gasteiger partial charge in [0.25, 0.3) is 0 Å². The topological polar surface area (TPSA) is 84.2 Å². The fourth-order valence-electron chi connectivity index (χ4n) is 3.41. The van der Waals surface area contributed by atoms with Crippen molar-refractivity contribution in [3.8, 4) is 0 Å². The first-order chi connectivity index (χ1) is 10.4. The maximum Gasteiger partial charge on any atom is 0.239 e. The number of aryl methyl sites for hydroxylation is 1. The molecule has 2 atom stereocenters. The number of hydrogen-bond acceptors (Lipinski definition) is 4. The normalized spacial score (nSPS) is 24.8. The Bertz CT molecular complexity index is 600. The molecule has 1 saturated heterocycles. The molecule has 2 heterocycles. The molecule has 6 heteroatoms. The predicted molar refractivity (Wildman–Crippen MR) is 81.2 cm³/mol. The zero-order chi connectivity index (χ0) is 15.9. The monoisotopic (exact) mass is 305 g/mol. The molecule has 0 saturated carbocycles. The molecule has 2 N–H and O–H groups in total. The number of amides is 2. The van der Waals surface area contributed by atoms with E-state index in [0.29, 0.717) is 12.4 Å². The first-order valence-corrected chi connectivity index (χ1v) is 7.94. The van der Waals surface area contributed by atoms with Gasteiger partial charge in [0.05, 0.1) is 5.69 Å². The van der Waals surface area contributed by atoms with Gasteiger partial charge in [-0.15, -0.1) is 0 Å². The van der Waals surface area contributed by atoms with Crippen molar-refractivity contribution in [1.82, 2.24) is 10.5 Å². The van der Waals surface area contributed by atoms with E-state index in [1.807, 2.05) is 0 Å². The van der Waals surface area contributed by atoms with Crippen LogP contribution in [0.15, 0.2) is 4.52 Å². The van der Waals surface area contributed by atoms with Gasteiger partial charge in [0, 0.05) is 18.0 Å². The Kier molecular flexibility index (Phi) is 3.70. The molecule has 2 amide bonds. The highest BCUT2D eigenvalue weighted by atomic mass is 16.5. The summed E-state index contributed by atoms with van der Waals surface area (Å²) < 4.78 is 5.29. The van der Waals surface area contributed by atoms with E-state index in [9.17, 15) is 9.59 Å². The molecule has 2 aliphatic rings. The molecule has 3 rings (SSSR count). The molecular formula is C16H23N3O3. The van der Waals surface area contributed by atoms with Crippen molar-refractivity contribution in [3.05, 3.63) is 11.3 Å². The minimum Gasteiger partial charge on any atom is -0.355 e. The summed E-state index contributed by atoms with van der Waals surface area (Å²) in [4.78, 5) is 24.7. The highest BCUT2D eigenvalue weighted by Gasteiger charge is 2.46. The molecule has 1 fully saturated rings. The van der Waals surface area contributed by atoms with Gasteiger partial charge in [-0.05, 0) is 31.1 Å². The fraction of sp³-hybridized carbons (Fsp3) is 0.688. The first-order valence-electron chi connectivity index (χ1n) is 7.94. The molecule has 0 unspecified atom stereocenters. The van der Waals surface area contributed by atoms with Crippen molar-refractivity contribution in [2.75, 3.05) is 11.9 Å². The molecule has 0 bridgehead atoms. The zero-order valence-electron chi connectivity index (χ0n) is 13.4. The maximum atomic E-state index is 12.6. The highest BCUT2D eigenvalue weighted by molar-refractivity contribution is 6.07. The molecule has 6 nitrogen and oxygen atoms in total. The van der Waals surface area contributed by atoms with E-state index < -0.39 is 5.92 Å². The smallest absolute Gasteiger partial charge is 0.239 e.